The summed E-state index contributed by atoms with van der Waals surface area (Å²) in [7, 11) is 1.57. The molecule has 4 heteroatoms. The van der Waals surface area contributed by atoms with Crippen LogP contribution in [0.25, 0.3) is 11.1 Å². The summed E-state index contributed by atoms with van der Waals surface area (Å²) in [5.41, 5.74) is 1.54. The molecule has 19 heavy (non-hydrogen) atoms. The van der Waals surface area contributed by atoms with E-state index in [4.69, 9.17) is 10.00 Å². The number of rotatable bonds is 3. The molecule has 0 atom stereocenters. The lowest BCUT2D eigenvalue weighted by molar-refractivity contribution is 0.112. The maximum absolute atomic E-state index is 10.7. The smallest absolute Gasteiger partial charge is 0.153 e. The molecule has 0 aliphatic rings. The van der Waals surface area contributed by atoms with Crippen molar-refractivity contribution in [2.45, 2.75) is 0 Å². The fraction of sp³-hybridized carbons (Fsp3) is 0.0667. The van der Waals surface area contributed by atoms with Crippen molar-refractivity contribution in [3.63, 3.8) is 0 Å². The van der Waals surface area contributed by atoms with E-state index in [9.17, 15) is 9.90 Å². The third-order valence-electron chi connectivity index (χ3n) is 2.85. The van der Waals surface area contributed by atoms with E-state index in [-0.39, 0.29) is 16.9 Å². The third-order valence-corrected chi connectivity index (χ3v) is 2.85. The van der Waals surface area contributed by atoms with E-state index in [0.717, 1.165) is 5.56 Å². The number of carbonyl (C=O) groups excluding carboxylic acids is 1. The van der Waals surface area contributed by atoms with E-state index in [1.807, 2.05) is 6.07 Å². The summed E-state index contributed by atoms with van der Waals surface area (Å²) < 4.78 is 5.06. The molecule has 2 aromatic carbocycles. The topological polar surface area (TPSA) is 70.3 Å². The van der Waals surface area contributed by atoms with Gasteiger partial charge in [-0.3, -0.25) is 4.79 Å². The quantitative estimate of drug-likeness (QED) is 0.854. The second kappa shape index (κ2) is 5.23. The average molecular weight is 253 g/mol. The van der Waals surface area contributed by atoms with Gasteiger partial charge >= 0.3 is 0 Å². The number of ether oxygens (including phenoxy) is 1. The van der Waals surface area contributed by atoms with Crippen LogP contribution in [-0.2, 0) is 0 Å². The molecule has 0 bridgehead atoms. The first-order valence-electron chi connectivity index (χ1n) is 5.57. The summed E-state index contributed by atoms with van der Waals surface area (Å²) in [6.45, 7) is 0. The van der Waals surface area contributed by atoms with Crippen LogP contribution in [0.5, 0.6) is 11.5 Å². The van der Waals surface area contributed by atoms with Crippen molar-refractivity contribution in [2.24, 2.45) is 0 Å². The number of nitrogens with zero attached hydrogens (tertiary/aromatic N) is 1. The maximum atomic E-state index is 10.7. The lowest BCUT2D eigenvalue weighted by atomic mass is 9.97. The Bertz CT molecular complexity index is 654. The molecule has 4 nitrogen and oxygen atoms in total. The van der Waals surface area contributed by atoms with Gasteiger partial charge in [0.05, 0.1) is 12.7 Å². The first kappa shape index (κ1) is 12.7. The third kappa shape index (κ3) is 2.26. The fourth-order valence-corrected chi connectivity index (χ4v) is 1.83. The molecule has 0 saturated carbocycles. The molecule has 0 heterocycles. The molecule has 2 aromatic rings. The molecule has 0 spiro atoms. The Hall–Kier alpha value is -2.80. The van der Waals surface area contributed by atoms with Gasteiger partial charge in [-0.1, -0.05) is 18.2 Å². The van der Waals surface area contributed by atoms with Crippen LogP contribution in [0.3, 0.4) is 0 Å². The zero-order valence-corrected chi connectivity index (χ0v) is 10.3. The number of hydrogen-bond acceptors (Lipinski definition) is 4. The first-order chi connectivity index (χ1) is 9.21. The summed E-state index contributed by atoms with van der Waals surface area (Å²) in [6.07, 6.45) is 0.522. The largest absolute Gasteiger partial charge is 0.506 e. The Labute approximate surface area is 110 Å². The average Bonchev–Trinajstić information content (AvgIpc) is 2.47. The summed E-state index contributed by atoms with van der Waals surface area (Å²) >= 11 is 0. The minimum Gasteiger partial charge on any atom is -0.506 e. The van der Waals surface area contributed by atoms with E-state index in [0.29, 0.717) is 17.6 Å². The molecule has 0 saturated heterocycles. The molecule has 0 unspecified atom stereocenters. The zero-order chi connectivity index (χ0) is 13.8. The van der Waals surface area contributed by atoms with E-state index in [1.165, 1.54) is 6.07 Å². The van der Waals surface area contributed by atoms with Gasteiger partial charge in [0.1, 0.15) is 23.1 Å². The number of carbonyl (C=O) groups is 1. The monoisotopic (exact) mass is 253 g/mol. The highest BCUT2D eigenvalue weighted by molar-refractivity contribution is 5.85. The maximum Gasteiger partial charge on any atom is 0.153 e. The highest BCUT2D eigenvalue weighted by atomic mass is 16.5. The van der Waals surface area contributed by atoms with Gasteiger partial charge in [-0.15, -0.1) is 0 Å². The van der Waals surface area contributed by atoms with E-state index >= 15 is 0 Å². The lowest BCUT2D eigenvalue weighted by Crippen LogP contribution is -1.91. The van der Waals surface area contributed by atoms with Crippen LogP contribution in [0.2, 0.25) is 0 Å². The predicted octanol–water partition coefficient (Wildman–Crippen LogP) is 2.75. The molecule has 0 radical (unpaired) electrons. The molecule has 0 fully saturated rings. The Kier molecular flexibility index (Phi) is 3.48. The van der Waals surface area contributed by atoms with Crippen molar-refractivity contribution in [2.75, 3.05) is 7.11 Å². The van der Waals surface area contributed by atoms with E-state index in [2.05, 4.69) is 0 Å². The predicted molar refractivity (Wildman–Crippen MR) is 70.2 cm³/mol. The summed E-state index contributed by atoms with van der Waals surface area (Å²) in [6, 6.07) is 12.2. The van der Waals surface area contributed by atoms with Gasteiger partial charge < -0.3 is 9.84 Å². The number of aromatic hydroxyl groups is 1. The number of phenolic OH excluding ortho intramolecular Hbond substituents is 1. The number of methoxy groups -OCH3 is 1. The number of nitriles is 1. The molecule has 0 aromatic heterocycles. The minimum atomic E-state index is -0.286. The highest BCUT2D eigenvalue weighted by Crippen LogP contribution is 2.32. The van der Waals surface area contributed by atoms with Gasteiger partial charge in [-0.05, 0) is 23.8 Å². The normalized spacial score (nSPS) is 9.68. The van der Waals surface area contributed by atoms with E-state index < -0.39 is 0 Å². The Balaban J connectivity index is 2.59. The van der Waals surface area contributed by atoms with Gasteiger partial charge in [0.15, 0.2) is 6.29 Å². The van der Waals surface area contributed by atoms with Gasteiger partial charge in [-0.25, -0.2) is 0 Å². The highest BCUT2D eigenvalue weighted by Gasteiger charge is 2.13. The van der Waals surface area contributed by atoms with Crippen LogP contribution >= 0.6 is 0 Å². The van der Waals surface area contributed by atoms with Gasteiger partial charge in [0.25, 0.3) is 0 Å². The van der Waals surface area contributed by atoms with Crippen molar-refractivity contribution in [1.29, 1.82) is 5.26 Å². The van der Waals surface area contributed by atoms with Crippen LogP contribution in [0.1, 0.15) is 15.9 Å². The molecule has 0 amide bonds. The molecule has 0 aliphatic heterocycles. The van der Waals surface area contributed by atoms with Crippen molar-refractivity contribution in [3.8, 4) is 28.7 Å². The second-order valence-electron chi connectivity index (χ2n) is 3.88. The summed E-state index contributed by atoms with van der Waals surface area (Å²) in [4.78, 5) is 10.7. The molecular weight excluding hydrogens is 242 g/mol. The Morgan fingerprint density at radius 1 is 1.21 bits per heavy atom. The van der Waals surface area contributed by atoms with Crippen LogP contribution in [0, 0.1) is 11.3 Å². The van der Waals surface area contributed by atoms with Crippen molar-refractivity contribution >= 4 is 6.29 Å². The van der Waals surface area contributed by atoms with E-state index in [1.54, 1.807) is 37.4 Å². The Morgan fingerprint density at radius 3 is 2.42 bits per heavy atom. The standard InChI is InChI=1S/C15H11NO3/c1-19-12-5-2-10(3-6-12)13-7-4-11(9-17)15(18)14(13)8-16/h2-7,9,18H,1H3. The number of phenols is 1. The van der Waals surface area contributed by atoms with Crippen LogP contribution in [0.15, 0.2) is 36.4 Å². The second-order valence-corrected chi connectivity index (χ2v) is 3.88. The fourth-order valence-electron chi connectivity index (χ4n) is 1.83. The Morgan fingerprint density at radius 2 is 1.89 bits per heavy atom. The molecular formula is C15H11NO3. The number of aldehydes is 1. The first-order valence-corrected chi connectivity index (χ1v) is 5.57. The van der Waals surface area contributed by atoms with Crippen LogP contribution in [-0.4, -0.2) is 18.5 Å². The zero-order valence-electron chi connectivity index (χ0n) is 10.3. The van der Waals surface area contributed by atoms with Crippen molar-refractivity contribution < 1.29 is 14.6 Å². The van der Waals surface area contributed by atoms with Gasteiger partial charge in [0.2, 0.25) is 0 Å². The SMILES string of the molecule is COc1ccc(-c2ccc(C=O)c(O)c2C#N)cc1. The lowest BCUT2D eigenvalue weighted by Gasteiger charge is -2.08. The summed E-state index contributed by atoms with van der Waals surface area (Å²) in [5.74, 6) is 0.418. The van der Waals surface area contributed by atoms with Crippen LogP contribution in [0.4, 0.5) is 0 Å². The molecule has 2 rings (SSSR count). The summed E-state index contributed by atoms with van der Waals surface area (Å²) in [5, 5.41) is 19.0. The van der Waals surface area contributed by atoms with Crippen LogP contribution < -0.4 is 4.74 Å². The molecule has 0 aliphatic carbocycles. The minimum absolute atomic E-state index is 0.0924. The van der Waals surface area contributed by atoms with Gasteiger partial charge in [-0.2, -0.15) is 5.26 Å². The van der Waals surface area contributed by atoms with Crippen molar-refractivity contribution in [1.82, 2.24) is 0 Å². The molecule has 94 valence electrons. The van der Waals surface area contributed by atoms with Crippen molar-refractivity contribution in [3.05, 3.63) is 47.5 Å². The number of hydrogen-bond donors (Lipinski definition) is 1. The van der Waals surface area contributed by atoms with Gasteiger partial charge in [0, 0.05) is 5.56 Å². The molecule has 1 N–H and O–H groups in total. The number of benzene rings is 2.